The van der Waals surface area contributed by atoms with E-state index < -0.39 is 0 Å². The van der Waals surface area contributed by atoms with Gasteiger partial charge in [-0.15, -0.1) is 0 Å². The lowest BCUT2D eigenvalue weighted by atomic mass is 10.1. The number of pyridine rings is 1. The van der Waals surface area contributed by atoms with Crippen molar-refractivity contribution in [2.24, 2.45) is 0 Å². The number of nitrogens with one attached hydrogen (secondary N) is 1. The van der Waals surface area contributed by atoms with Gasteiger partial charge in [0, 0.05) is 37.7 Å². The zero-order valence-electron chi connectivity index (χ0n) is 14.2. The van der Waals surface area contributed by atoms with Gasteiger partial charge in [0.2, 0.25) is 0 Å². The number of nitrogens with zero attached hydrogens (tertiary/aromatic N) is 2. The molecule has 0 saturated carbocycles. The van der Waals surface area contributed by atoms with E-state index in [0.717, 1.165) is 36.3 Å². The molecule has 0 bridgehead atoms. The second-order valence-corrected chi connectivity index (χ2v) is 7.89. The average Bonchev–Trinajstić information content (AvgIpc) is 3.11. The van der Waals surface area contributed by atoms with Crippen LogP contribution in [-0.4, -0.2) is 9.97 Å². The average molecular weight is 432 g/mol. The molecule has 2 aromatic heterocycles. The van der Waals surface area contributed by atoms with Crippen LogP contribution in [0.5, 0.6) is 0 Å². The Morgan fingerprint density at radius 2 is 2.00 bits per heavy atom. The summed E-state index contributed by atoms with van der Waals surface area (Å²) in [5, 5.41) is 1.02. The van der Waals surface area contributed by atoms with Crippen LogP contribution in [0, 0.1) is 6.57 Å². The fourth-order valence-electron chi connectivity index (χ4n) is 2.83. The number of halogens is 1. The molecule has 130 valence electrons. The molecule has 0 aliphatic heterocycles. The van der Waals surface area contributed by atoms with Crippen molar-refractivity contribution in [1.29, 1.82) is 0 Å². The standard InChI is InChI=1S/C22H14BrN3S/c1-24-21(19-14-26-20-8-7-16(23)12-18(19)20)11-15-13-25-10-9-22(15)27-17-5-3-2-4-6-17/h2-14,26H/b21-11-. The van der Waals surface area contributed by atoms with Crippen molar-refractivity contribution >= 4 is 50.4 Å². The maximum absolute atomic E-state index is 7.71. The number of benzene rings is 2. The molecule has 5 heteroatoms. The molecule has 0 aliphatic rings. The topological polar surface area (TPSA) is 33.0 Å². The van der Waals surface area contributed by atoms with Crippen LogP contribution in [0.1, 0.15) is 11.1 Å². The highest BCUT2D eigenvalue weighted by Crippen LogP contribution is 2.34. The normalized spacial score (nSPS) is 11.5. The van der Waals surface area contributed by atoms with Crippen LogP contribution >= 0.6 is 27.7 Å². The van der Waals surface area contributed by atoms with E-state index in [-0.39, 0.29) is 0 Å². The first-order valence-electron chi connectivity index (χ1n) is 8.27. The van der Waals surface area contributed by atoms with Crippen molar-refractivity contribution in [2.45, 2.75) is 9.79 Å². The second-order valence-electron chi connectivity index (χ2n) is 5.86. The Kier molecular flexibility index (Phi) is 5.10. The third kappa shape index (κ3) is 3.82. The van der Waals surface area contributed by atoms with E-state index in [1.165, 1.54) is 0 Å². The predicted octanol–water partition coefficient (Wildman–Crippen LogP) is 6.89. The first-order valence-corrected chi connectivity index (χ1v) is 9.88. The van der Waals surface area contributed by atoms with Crippen LogP contribution in [0.15, 0.2) is 87.5 Å². The summed E-state index contributed by atoms with van der Waals surface area (Å²) in [6, 6.07) is 18.2. The molecule has 0 amide bonds. The molecule has 1 N–H and O–H groups in total. The lowest BCUT2D eigenvalue weighted by Gasteiger charge is -2.06. The highest BCUT2D eigenvalue weighted by Gasteiger charge is 2.11. The molecular weight excluding hydrogens is 418 g/mol. The zero-order valence-corrected chi connectivity index (χ0v) is 16.6. The van der Waals surface area contributed by atoms with Crippen molar-refractivity contribution in [3.05, 3.63) is 100 Å². The number of hydrogen-bond acceptors (Lipinski definition) is 2. The summed E-state index contributed by atoms with van der Waals surface area (Å²) in [6.07, 6.45) is 7.39. The van der Waals surface area contributed by atoms with Crippen LogP contribution in [0.2, 0.25) is 0 Å². The van der Waals surface area contributed by atoms with E-state index in [1.54, 1.807) is 24.2 Å². The van der Waals surface area contributed by atoms with Crippen molar-refractivity contribution in [3.8, 4) is 0 Å². The summed E-state index contributed by atoms with van der Waals surface area (Å²) in [6.45, 7) is 7.71. The van der Waals surface area contributed by atoms with Crippen molar-refractivity contribution in [1.82, 2.24) is 9.97 Å². The van der Waals surface area contributed by atoms with E-state index in [2.05, 4.69) is 42.9 Å². The first kappa shape index (κ1) is 17.6. The van der Waals surface area contributed by atoms with E-state index in [1.807, 2.05) is 54.7 Å². The molecule has 3 nitrogen and oxygen atoms in total. The van der Waals surface area contributed by atoms with Gasteiger partial charge < -0.3 is 4.98 Å². The van der Waals surface area contributed by atoms with Crippen molar-refractivity contribution in [2.75, 3.05) is 0 Å². The minimum Gasteiger partial charge on any atom is -0.362 e. The van der Waals surface area contributed by atoms with E-state index in [0.29, 0.717) is 5.70 Å². The van der Waals surface area contributed by atoms with Gasteiger partial charge in [0.25, 0.3) is 0 Å². The van der Waals surface area contributed by atoms with Gasteiger partial charge in [0.05, 0.1) is 6.57 Å². The molecule has 0 unspecified atom stereocenters. The van der Waals surface area contributed by atoms with Gasteiger partial charge in [-0.2, -0.15) is 0 Å². The summed E-state index contributed by atoms with van der Waals surface area (Å²) in [4.78, 5) is 13.5. The van der Waals surface area contributed by atoms with Gasteiger partial charge in [-0.05, 0) is 59.6 Å². The SMILES string of the molecule is [C-]#[N+]/C(=C\c1cnccc1Sc1ccccc1)c1c[nH]c2ccc(Br)cc12. The fraction of sp³-hybridized carbons (Fsp3) is 0. The molecule has 0 radical (unpaired) electrons. The highest BCUT2D eigenvalue weighted by atomic mass is 79.9. The molecule has 4 rings (SSSR count). The molecule has 2 aromatic carbocycles. The van der Waals surface area contributed by atoms with Crippen LogP contribution in [0.3, 0.4) is 0 Å². The molecule has 0 saturated heterocycles. The lowest BCUT2D eigenvalue weighted by molar-refractivity contribution is 1.24. The quantitative estimate of drug-likeness (QED) is 0.356. The van der Waals surface area contributed by atoms with Crippen LogP contribution in [0.4, 0.5) is 0 Å². The Hall–Kier alpha value is -2.81. The van der Waals surface area contributed by atoms with Crippen molar-refractivity contribution in [3.63, 3.8) is 0 Å². The molecule has 4 aromatic rings. The molecule has 0 fully saturated rings. The Balaban J connectivity index is 1.77. The van der Waals surface area contributed by atoms with Crippen LogP contribution in [0.25, 0.3) is 27.5 Å². The van der Waals surface area contributed by atoms with Gasteiger partial charge in [-0.25, -0.2) is 4.85 Å². The Morgan fingerprint density at radius 3 is 2.81 bits per heavy atom. The number of aromatic amines is 1. The molecule has 0 spiro atoms. The highest BCUT2D eigenvalue weighted by molar-refractivity contribution is 9.10. The number of aromatic nitrogens is 2. The second kappa shape index (κ2) is 7.83. The predicted molar refractivity (Wildman–Crippen MR) is 115 cm³/mol. The molecule has 2 heterocycles. The number of rotatable bonds is 4. The first-order chi connectivity index (χ1) is 13.2. The van der Waals surface area contributed by atoms with E-state index >= 15 is 0 Å². The zero-order chi connectivity index (χ0) is 18.6. The Morgan fingerprint density at radius 1 is 1.15 bits per heavy atom. The monoisotopic (exact) mass is 431 g/mol. The number of fused-ring (bicyclic) bond motifs is 1. The summed E-state index contributed by atoms with van der Waals surface area (Å²) >= 11 is 5.18. The maximum atomic E-state index is 7.71. The van der Waals surface area contributed by atoms with Crippen LogP contribution < -0.4 is 0 Å². The largest absolute Gasteiger partial charge is 0.362 e. The smallest absolute Gasteiger partial charge is 0.197 e. The maximum Gasteiger partial charge on any atom is 0.197 e. The minimum atomic E-state index is 0.585. The Bertz CT molecular complexity index is 1170. The fourth-order valence-corrected chi connectivity index (χ4v) is 4.10. The molecule has 27 heavy (non-hydrogen) atoms. The van der Waals surface area contributed by atoms with E-state index in [4.69, 9.17) is 6.57 Å². The Labute approximate surface area is 170 Å². The summed E-state index contributed by atoms with van der Waals surface area (Å²) in [5.41, 5.74) is 3.41. The van der Waals surface area contributed by atoms with Gasteiger partial charge in [0.1, 0.15) is 0 Å². The van der Waals surface area contributed by atoms with Gasteiger partial charge in [-0.1, -0.05) is 45.9 Å². The molecule has 0 atom stereocenters. The van der Waals surface area contributed by atoms with Gasteiger partial charge in [-0.3, -0.25) is 4.98 Å². The van der Waals surface area contributed by atoms with Crippen molar-refractivity contribution < 1.29 is 0 Å². The lowest BCUT2D eigenvalue weighted by Crippen LogP contribution is -1.84. The summed E-state index contributed by atoms with van der Waals surface area (Å²) in [7, 11) is 0. The van der Waals surface area contributed by atoms with E-state index in [9.17, 15) is 0 Å². The summed E-state index contributed by atoms with van der Waals surface area (Å²) in [5.74, 6) is 0. The van der Waals surface area contributed by atoms with Crippen LogP contribution in [-0.2, 0) is 0 Å². The third-order valence-corrected chi connectivity index (χ3v) is 5.71. The van der Waals surface area contributed by atoms with Gasteiger partial charge >= 0.3 is 0 Å². The number of H-pyrrole nitrogens is 1. The minimum absolute atomic E-state index is 0.585. The number of hydrogen-bond donors (Lipinski definition) is 1. The molecular formula is C22H14BrN3S. The third-order valence-electron chi connectivity index (χ3n) is 4.11. The summed E-state index contributed by atoms with van der Waals surface area (Å²) < 4.78 is 0.988. The van der Waals surface area contributed by atoms with Gasteiger partial charge in [0.15, 0.2) is 5.70 Å². The molecule has 0 aliphatic carbocycles.